The van der Waals surface area contributed by atoms with Crippen LogP contribution in [0.15, 0.2) is 24.3 Å². The highest BCUT2D eigenvalue weighted by Crippen LogP contribution is 2.42. The lowest BCUT2D eigenvalue weighted by molar-refractivity contribution is -0.119. The highest BCUT2D eigenvalue weighted by Gasteiger charge is 2.28. The third kappa shape index (κ3) is 8.75. The molecule has 4 N–H and O–H groups in total. The van der Waals surface area contributed by atoms with Crippen LogP contribution in [0, 0.1) is 5.92 Å². The van der Waals surface area contributed by atoms with E-state index in [0.717, 1.165) is 47.9 Å². The SMILES string of the molecule is CC(C)(C)c1cc(CCC(CCc2cc(C(C)(C)C)c(O)c(C(C)(C)C)c2)CC(N)=O)cc(C(C)(C)C)c1O. The Morgan fingerprint density at radius 2 is 0.872 bits per heavy atom. The molecular formula is C35H55NO3. The predicted molar refractivity (Wildman–Crippen MR) is 165 cm³/mol. The molecule has 0 saturated heterocycles. The van der Waals surface area contributed by atoms with Gasteiger partial charge in [-0.15, -0.1) is 0 Å². The first-order chi connectivity index (χ1) is 17.5. The summed E-state index contributed by atoms with van der Waals surface area (Å²) in [5.74, 6) is 0.665. The summed E-state index contributed by atoms with van der Waals surface area (Å²) in [4.78, 5) is 12.0. The van der Waals surface area contributed by atoms with Crippen LogP contribution in [-0.4, -0.2) is 16.1 Å². The van der Waals surface area contributed by atoms with Crippen LogP contribution in [0.4, 0.5) is 0 Å². The summed E-state index contributed by atoms with van der Waals surface area (Å²) in [6.07, 6.45) is 3.68. The standard InChI is InChI=1S/C35H55NO3/c1-32(2,3)25-17-23(18-26(30(25)38)33(4,5)6)15-13-22(21-29(36)37)14-16-24-19-27(34(7,8)9)31(39)28(20-24)35(10,11)12/h17-20,22,38-39H,13-16,21H2,1-12H3,(H2,36,37). The van der Waals surface area contributed by atoms with E-state index in [-0.39, 0.29) is 33.5 Å². The number of carbonyl (C=O) groups excluding carboxylic acids is 1. The molecule has 39 heavy (non-hydrogen) atoms. The van der Waals surface area contributed by atoms with Crippen molar-refractivity contribution in [2.75, 3.05) is 0 Å². The number of hydrogen-bond donors (Lipinski definition) is 3. The topological polar surface area (TPSA) is 83.5 Å². The van der Waals surface area contributed by atoms with Gasteiger partial charge in [0.2, 0.25) is 5.91 Å². The summed E-state index contributed by atoms with van der Waals surface area (Å²) in [7, 11) is 0. The lowest BCUT2D eigenvalue weighted by atomic mass is 9.77. The predicted octanol–water partition coefficient (Wildman–Crippen LogP) is 8.34. The third-order valence-corrected chi connectivity index (χ3v) is 7.74. The molecule has 0 fully saturated rings. The zero-order valence-electron chi connectivity index (χ0n) is 26.8. The summed E-state index contributed by atoms with van der Waals surface area (Å²) in [6, 6.07) is 8.54. The molecule has 0 bridgehead atoms. The van der Waals surface area contributed by atoms with Crippen molar-refractivity contribution in [3.63, 3.8) is 0 Å². The van der Waals surface area contributed by atoms with Crippen molar-refractivity contribution in [2.45, 2.75) is 137 Å². The minimum atomic E-state index is -0.270. The number of rotatable bonds is 8. The summed E-state index contributed by atoms with van der Waals surface area (Å²) in [6.45, 7) is 25.5. The van der Waals surface area contributed by atoms with Gasteiger partial charge in [-0.25, -0.2) is 0 Å². The Balaban J connectivity index is 2.37. The molecule has 2 aromatic carbocycles. The number of carbonyl (C=O) groups is 1. The number of benzene rings is 2. The van der Waals surface area contributed by atoms with E-state index in [0.29, 0.717) is 17.9 Å². The van der Waals surface area contributed by atoms with Gasteiger partial charge < -0.3 is 15.9 Å². The van der Waals surface area contributed by atoms with E-state index in [4.69, 9.17) is 5.73 Å². The Morgan fingerprint density at radius 3 is 1.08 bits per heavy atom. The van der Waals surface area contributed by atoms with Crippen LogP contribution in [0.2, 0.25) is 0 Å². The molecule has 1 amide bonds. The molecule has 0 atom stereocenters. The maximum Gasteiger partial charge on any atom is 0.217 e. The average Bonchev–Trinajstić information content (AvgIpc) is 2.73. The lowest BCUT2D eigenvalue weighted by Gasteiger charge is -2.29. The zero-order chi connectivity index (χ0) is 30.1. The molecule has 2 rings (SSSR count). The monoisotopic (exact) mass is 537 g/mol. The minimum absolute atomic E-state index is 0.150. The number of aryl methyl sites for hydroxylation is 2. The molecule has 0 aliphatic rings. The van der Waals surface area contributed by atoms with Gasteiger partial charge in [0.05, 0.1) is 0 Å². The molecule has 0 aliphatic heterocycles. The maximum atomic E-state index is 12.0. The van der Waals surface area contributed by atoms with Crippen molar-refractivity contribution in [2.24, 2.45) is 11.7 Å². The van der Waals surface area contributed by atoms with Crippen LogP contribution in [-0.2, 0) is 39.3 Å². The zero-order valence-corrected chi connectivity index (χ0v) is 26.8. The Hall–Kier alpha value is -2.49. The van der Waals surface area contributed by atoms with Crippen molar-refractivity contribution >= 4 is 5.91 Å². The van der Waals surface area contributed by atoms with Crippen LogP contribution in [0.5, 0.6) is 11.5 Å². The van der Waals surface area contributed by atoms with Gasteiger partial charge in [-0.3, -0.25) is 4.79 Å². The Bertz CT molecular complexity index is 1010. The fourth-order valence-electron chi connectivity index (χ4n) is 5.34. The molecule has 218 valence electrons. The van der Waals surface area contributed by atoms with Crippen molar-refractivity contribution in [1.82, 2.24) is 0 Å². The van der Waals surface area contributed by atoms with Crippen LogP contribution >= 0.6 is 0 Å². The molecule has 0 unspecified atom stereocenters. The Kier molecular flexibility index (Phi) is 9.69. The minimum Gasteiger partial charge on any atom is -0.507 e. The van der Waals surface area contributed by atoms with Gasteiger partial charge in [0.25, 0.3) is 0 Å². The van der Waals surface area contributed by atoms with Gasteiger partial charge in [-0.1, -0.05) is 107 Å². The van der Waals surface area contributed by atoms with Gasteiger partial charge in [0.15, 0.2) is 0 Å². The second kappa shape index (κ2) is 11.6. The summed E-state index contributed by atoms with van der Waals surface area (Å²) >= 11 is 0. The van der Waals surface area contributed by atoms with E-state index in [1.807, 2.05) is 0 Å². The van der Waals surface area contributed by atoms with Crippen LogP contribution in [0.3, 0.4) is 0 Å². The van der Waals surface area contributed by atoms with Gasteiger partial charge in [0.1, 0.15) is 11.5 Å². The van der Waals surface area contributed by atoms with Crippen molar-refractivity contribution < 1.29 is 15.0 Å². The molecule has 0 aromatic heterocycles. The van der Waals surface area contributed by atoms with E-state index in [9.17, 15) is 15.0 Å². The molecule has 0 saturated carbocycles. The van der Waals surface area contributed by atoms with Gasteiger partial charge in [-0.2, -0.15) is 0 Å². The Morgan fingerprint density at radius 1 is 0.615 bits per heavy atom. The summed E-state index contributed by atoms with van der Waals surface area (Å²) < 4.78 is 0. The van der Waals surface area contributed by atoms with E-state index >= 15 is 0 Å². The smallest absolute Gasteiger partial charge is 0.217 e. The first kappa shape index (κ1) is 32.7. The molecule has 0 heterocycles. The number of hydrogen-bond acceptors (Lipinski definition) is 3. The number of phenols is 2. The van der Waals surface area contributed by atoms with E-state index < -0.39 is 0 Å². The number of nitrogens with two attached hydrogens (primary N) is 1. The summed E-state index contributed by atoms with van der Waals surface area (Å²) in [5.41, 5.74) is 11.2. The van der Waals surface area contributed by atoms with E-state index in [1.54, 1.807) is 0 Å². The van der Waals surface area contributed by atoms with Crippen molar-refractivity contribution in [3.8, 4) is 11.5 Å². The van der Waals surface area contributed by atoms with Gasteiger partial charge in [-0.05, 0) is 86.6 Å². The normalized spacial score (nSPS) is 13.3. The maximum absolute atomic E-state index is 12.0. The first-order valence-corrected chi connectivity index (χ1v) is 14.5. The third-order valence-electron chi connectivity index (χ3n) is 7.74. The molecule has 4 heteroatoms. The van der Waals surface area contributed by atoms with Gasteiger partial charge >= 0.3 is 0 Å². The molecule has 4 nitrogen and oxygen atoms in total. The van der Waals surface area contributed by atoms with Crippen molar-refractivity contribution in [3.05, 3.63) is 57.6 Å². The number of amides is 1. The van der Waals surface area contributed by atoms with Crippen LogP contribution in [0.1, 0.15) is 136 Å². The van der Waals surface area contributed by atoms with Gasteiger partial charge in [0, 0.05) is 6.42 Å². The number of phenolic OH excluding ortho intramolecular Hbond substituents is 2. The molecular weight excluding hydrogens is 482 g/mol. The van der Waals surface area contributed by atoms with Crippen molar-refractivity contribution in [1.29, 1.82) is 0 Å². The highest BCUT2D eigenvalue weighted by atomic mass is 16.3. The van der Waals surface area contributed by atoms with Crippen LogP contribution < -0.4 is 5.73 Å². The average molecular weight is 538 g/mol. The molecule has 0 spiro atoms. The lowest BCUT2D eigenvalue weighted by Crippen LogP contribution is -2.20. The largest absolute Gasteiger partial charge is 0.507 e. The molecule has 0 radical (unpaired) electrons. The second-order valence-corrected chi connectivity index (χ2v) is 15.7. The molecule has 2 aromatic rings. The number of primary amides is 1. The second-order valence-electron chi connectivity index (χ2n) is 15.7. The fraction of sp³-hybridized carbons (Fsp3) is 0.629. The van der Waals surface area contributed by atoms with E-state index in [1.165, 1.54) is 11.1 Å². The van der Waals surface area contributed by atoms with E-state index in [2.05, 4.69) is 107 Å². The molecule has 0 aliphatic carbocycles. The Labute approximate surface area is 238 Å². The first-order valence-electron chi connectivity index (χ1n) is 14.5. The fourth-order valence-corrected chi connectivity index (χ4v) is 5.34. The quantitative estimate of drug-likeness (QED) is 0.316. The highest BCUT2D eigenvalue weighted by molar-refractivity contribution is 5.74. The van der Waals surface area contributed by atoms with Crippen LogP contribution in [0.25, 0.3) is 0 Å². The number of aromatic hydroxyl groups is 2. The summed E-state index contributed by atoms with van der Waals surface area (Å²) in [5, 5.41) is 22.2.